The largest absolute Gasteiger partial charge is 0.365 e. The van der Waals surface area contributed by atoms with Crippen LogP contribution < -0.4 is 5.73 Å². The average Bonchev–Trinajstić information content (AvgIpc) is 2.67. The van der Waals surface area contributed by atoms with E-state index in [0.29, 0.717) is 5.39 Å². The molecule has 0 bridgehead atoms. The highest BCUT2D eigenvalue weighted by Gasteiger charge is 2.19. The summed E-state index contributed by atoms with van der Waals surface area (Å²) >= 11 is 0. The molecule has 29 heavy (non-hydrogen) atoms. The van der Waals surface area contributed by atoms with E-state index in [2.05, 4.69) is 13.0 Å². The topological polar surface area (TPSA) is 43.1 Å². The Morgan fingerprint density at radius 2 is 1.52 bits per heavy atom. The standard InChI is InChI=1S/C24H18F3NO/c1-2-3-13-4-6-16-14(10-13)5-7-19-18(16)9-8-17(23(19)27)15-11-20(25)22(24(28)29)21(26)12-15/h4-12H,2-3H2,1H3,(H2,28,29). The second-order valence-electron chi connectivity index (χ2n) is 7.07. The molecule has 0 saturated carbocycles. The number of carbonyl (C=O) groups is 1. The fraction of sp³-hybridized carbons (Fsp3) is 0.125. The number of carbonyl (C=O) groups excluding carboxylic acids is 1. The SMILES string of the molecule is CCCc1ccc2c(ccc3c(F)c(-c4cc(F)c(C(N)=O)c(F)c4)ccc32)c1. The lowest BCUT2D eigenvalue weighted by Crippen LogP contribution is -2.15. The van der Waals surface area contributed by atoms with Crippen molar-refractivity contribution in [1.29, 1.82) is 0 Å². The summed E-state index contributed by atoms with van der Waals surface area (Å²) in [6, 6.07) is 14.7. The first-order chi connectivity index (χ1) is 13.9. The fourth-order valence-corrected chi connectivity index (χ4v) is 3.79. The van der Waals surface area contributed by atoms with Gasteiger partial charge in [0, 0.05) is 10.9 Å². The molecule has 2 N–H and O–H groups in total. The van der Waals surface area contributed by atoms with Crippen molar-refractivity contribution in [3.8, 4) is 11.1 Å². The second-order valence-corrected chi connectivity index (χ2v) is 7.07. The van der Waals surface area contributed by atoms with E-state index in [1.165, 1.54) is 11.6 Å². The zero-order valence-corrected chi connectivity index (χ0v) is 15.7. The molecular formula is C24H18F3NO. The first-order valence-corrected chi connectivity index (χ1v) is 9.33. The van der Waals surface area contributed by atoms with Crippen LogP contribution in [0.1, 0.15) is 29.3 Å². The van der Waals surface area contributed by atoms with Crippen molar-refractivity contribution in [2.45, 2.75) is 19.8 Å². The summed E-state index contributed by atoms with van der Waals surface area (Å²) < 4.78 is 43.5. The maximum absolute atomic E-state index is 15.3. The van der Waals surface area contributed by atoms with Crippen LogP contribution in [-0.2, 0) is 6.42 Å². The quantitative estimate of drug-likeness (QED) is 0.417. The van der Waals surface area contributed by atoms with Crippen molar-refractivity contribution in [2.24, 2.45) is 5.73 Å². The highest BCUT2D eigenvalue weighted by molar-refractivity contribution is 6.09. The molecule has 0 fully saturated rings. The molecule has 0 saturated heterocycles. The van der Waals surface area contributed by atoms with Crippen LogP contribution in [0.4, 0.5) is 13.2 Å². The van der Waals surface area contributed by atoms with Crippen LogP contribution in [0.3, 0.4) is 0 Å². The van der Waals surface area contributed by atoms with Crippen LogP contribution >= 0.6 is 0 Å². The molecule has 0 atom stereocenters. The van der Waals surface area contributed by atoms with Gasteiger partial charge in [0.05, 0.1) is 0 Å². The minimum absolute atomic E-state index is 0.00258. The molecule has 0 aromatic heterocycles. The normalized spacial score (nSPS) is 11.3. The Labute approximate surface area is 165 Å². The Morgan fingerprint density at radius 1 is 0.862 bits per heavy atom. The zero-order valence-electron chi connectivity index (χ0n) is 15.7. The predicted octanol–water partition coefficient (Wildman–Crippen LogP) is 6.13. The molecule has 4 rings (SSSR count). The van der Waals surface area contributed by atoms with Gasteiger partial charge >= 0.3 is 0 Å². The Hall–Kier alpha value is -3.34. The lowest BCUT2D eigenvalue weighted by atomic mass is 9.94. The van der Waals surface area contributed by atoms with Gasteiger partial charge in [-0.25, -0.2) is 13.2 Å². The van der Waals surface area contributed by atoms with Crippen LogP contribution in [-0.4, -0.2) is 5.91 Å². The highest BCUT2D eigenvalue weighted by atomic mass is 19.1. The first kappa shape index (κ1) is 19.0. The van der Waals surface area contributed by atoms with Gasteiger partial charge in [0.25, 0.3) is 5.91 Å². The van der Waals surface area contributed by atoms with Crippen molar-refractivity contribution in [3.63, 3.8) is 0 Å². The van der Waals surface area contributed by atoms with Crippen molar-refractivity contribution in [2.75, 3.05) is 0 Å². The third-order valence-electron chi connectivity index (χ3n) is 5.15. The number of nitrogens with two attached hydrogens (primary N) is 1. The molecule has 0 heterocycles. The number of primary amides is 1. The number of hydrogen-bond acceptors (Lipinski definition) is 1. The third-order valence-corrected chi connectivity index (χ3v) is 5.15. The summed E-state index contributed by atoms with van der Waals surface area (Å²) in [6.07, 6.45) is 2.01. The van der Waals surface area contributed by atoms with Crippen LogP contribution in [0, 0.1) is 17.5 Å². The summed E-state index contributed by atoms with van der Waals surface area (Å²) in [4.78, 5) is 11.2. The van der Waals surface area contributed by atoms with Gasteiger partial charge in [-0.05, 0) is 45.8 Å². The second kappa shape index (κ2) is 7.24. The van der Waals surface area contributed by atoms with Gasteiger partial charge in [-0.1, -0.05) is 55.8 Å². The van der Waals surface area contributed by atoms with Crippen molar-refractivity contribution in [3.05, 3.63) is 83.2 Å². The number of fused-ring (bicyclic) bond motifs is 3. The number of rotatable bonds is 4. The zero-order chi connectivity index (χ0) is 20.7. The molecule has 4 aromatic carbocycles. The predicted molar refractivity (Wildman–Crippen MR) is 109 cm³/mol. The number of hydrogen-bond donors (Lipinski definition) is 1. The van der Waals surface area contributed by atoms with E-state index in [1.54, 1.807) is 12.1 Å². The van der Waals surface area contributed by atoms with Crippen molar-refractivity contribution < 1.29 is 18.0 Å². The van der Waals surface area contributed by atoms with Crippen LogP contribution in [0.2, 0.25) is 0 Å². The summed E-state index contributed by atoms with van der Waals surface area (Å²) in [5.74, 6) is -4.02. The molecule has 0 aliphatic rings. The van der Waals surface area contributed by atoms with Crippen LogP contribution in [0.15, 0.2) is 54.6 Å². The molecule has 2 nitrogen and oxygen atoms in total. The molecule has 1 amide bonds. The number of benzene rings is 4. The number of halogens is 3. The summed E-state index contributed by atoms with van der Waals surface area (Å²) in [7, 11) is 0. The van der Waals surface area contributed by atoms with E-state index in [-0.39, 0.29) is 11.1 Å². The Kier molecular flexibility index (Phi) is 4.74. The molecule has 5 heteroatoms. The number of aryl methyl sites for hydroxylation is 1. The first-order valence-electron chi connectivity index (χ1n) is 9.33. The highest BCUT2D eigenvalue weighted by Crippen LogP contribution is 2.34. The molecule has 0 radical (unpaired) electrons. The van der Waals surface area contributed by atoms with Gasteiger partial charge in [-0.15, -0.1) is 0 Å². The van der Waals surface area contributed by atoms with E-state index >= 15 is 4.39 Å². The fourth-order valence-electron chi connectivity index (χ4n) is 3.79. The van der Waals surface area contributed by atoms with Gasteiger partial charge in [0.15, 0.2) is 0 Å². The maximum atomic E-state index is 15.3. The summed E-state index contributed by atoms with van der Waals surface area (Å²) in [6.45, 7) is 2.11. The lowest BCUT2D eigenvalue weighted by molar-refractivity contribution is 0.0992. The van der Waals surface area contributed by atoms with Gasteiger partial charge in [0.1, 0.15) is 23.0 Å². The van der Waals surface area contributed by atoms with E-state index in [9.17, 15) is 13.6 Å². The van der Waals surface area contributed by atoms with Crippen LogP contribution in [0.5, 0.6) is 0 Å². The van der Waals surface area contributed by atoms with E-state index in [0.717, 1.165) is 41.1 Å². The van der Waals surface area contributed by atoms with Crippen molar-refractivity contribution in [1.82, 2.24) is 0 Å². The minimum atomic E-state index is -1.21. The molecule has 146 valence electrons. The van der Waals surface area contributed by atoms with Crippen molar-refractivity contribution >= 4 is 27.5 Å². The minimum Gasteiger partial charge on any atom is -0.365 e. The van der Waals surface area contributed by atoms with Crippen LogP contribution in [0.25, 0.3) is 32.7 Å². The molecule has 0 aliphatic heterocycles. The van der Waals surface area contributed by atoms with E-state index in [4.69, 9.17) is 5.73 Å². The molecule has 0 unspecified atom stereocenters. The summed E-state index contributed by atoms with van der Waals surface area (Å²) in [5.41, 5.74) is 5.44. The Balaban J connectivity index is 1.90. The molecule has 0 aliphatic carbocycles. The molecule has 0 spiro atoms. The van der Waals surface area contributed by atoms with Gasteiger partial charge in [0.2, 0.25) is 0 Å². The van der Waals surface area contributed by atoms with Gasteiger partial charge in [-0.2, -0.15) is 0 Å². The monoisotopic (exact) mass is 393 g/mol. The van der Waals surface area contributed by atoms with E-state index in [1.807, 2.05) is 18.2 Å². The van der Waals surface area contributed by atoms with Gasteiger partial charge < -0.3 is 5.73 Å². The maximum Gasteiger partial charge on any atom is 0.254 e. The number of amides is 1. The van der Waals surface area contributed by atoms with E-state index < -0.39 is 28.9 Å². The molecule has 4 aromatic rings. The average molecular weight is 393 g/mol. The summed E-state index contributed by atoms with van der Waals surface area (Å²) in [5, 5.41) is 3.01. The smallest absolute Gasteiger partial charge is 0.254 e. The lowest BCUT2D eigenvalue weighted by Gasteiger charge is -2.11. The van der Waals surface area contributed by atoms with Gasteiger partial charge in [-0.3, -0.25) is 4.79 Å². The Morgan fingerprint density at radius 3 is 2.17 bits per heavy atom. The Bertz CT molecular complexity index is 1260. The third kappa shape index (κ3) is 3.23. The molecular weight excluding hydrogens is 375 g/mol.